The minimum atomic E-state index is -0.923. The van der Waals surface area contributed by atoms with Crippen molar-refractivity contribution >= 4 is 5.97 Å². The number of ether oxygens (including phenoxy) is 1. The van der Waals surface area contributed by atoms with Crippen LogP contribution in [-0.2, 0) is 0 Å². The van der Waals surface area contributed by atoms with Crippen molar-refractivity contribution in [2.24, 2.45) is 0 Å². The zero-order valence-corrected chi connectivity index (χ0v) is 11.6. The van der Waals surface area contributed by atoms with Crippen LogP contribution in [0.1, 0.15) is 17.3 Å². The minimum Gasteiger partial charge on any atom is -0.492 e. The summed E-state index contributed by atoms with van der Waals surface area (Å²) in [5.41, 5.74) is 0.271. The van der Waals surface area contributed by atoms with E-state index in [1.807, 2.05) is 0 Å². The molecule has 1 aromatic carbocycles. The van der Waals surface area contributed by atoms with Crippen molar-refractivity contribution in [1.29, 1.82) is 0 Å². The molecule has 2 N–H and O–H groups in total. The largest absolute Gasteiger partial charge is 0.492 e. The second kappa shape index (κ2) is 8.50. The van der Waals surface area contributed by atoms with Gasteiger partial charge in [-0.3, -0.25) is 0 Å². The van der Waals surface area contributed by atoms with Crippen LogP contribution in [0.4, 0.5) is 0 Å². The van der Waals surface area contributed by atoms with Crippen molar-refractivity contribution < 1.29 is 14.6 Å². The Bertz CT molecular complexity index is 379. The van der Waals surface area contributed by atoms with Crippen LogP contribution in [0.3, 0.4) is 0 Å². The van der Waals surface area contributed by atoms with E-state index in [-0.39, 0.29) is 5.56 Å². The lowest BCUT2D eigenvalue weighted by Gasteiger charge is -2.14. The lowest BCUT2D eigenvalue weighted by molar-refractivity contribution is 0.0697. The molecule has 0 unspecified atom stereocenters. The SMILES string of the molecule is CCN(C)CCNCCOc1ccc(C(=O)O)cc1. The maximum atomic E-state index is 10.7. The van der Waals surface area contributed by atoms with E-state index < -0.39 is 5.97 Å². The van der Waals surface area contributed by atoms with Gasteiger partial charge in [-0.2, -0.15) is 0 Å². The lowest BCUT2D eigenvalue weighted by Crippen LogP contribution is -2.31. The van der Waals surface area contributed by atoms with E-state index in [0.29, 0.717) is 12.4 Å². The number of nitrogens with one attached hydrogen (secondary N) is 1. The summed E-state index contributed by atoms with van der Waals surface area (Å²) < 4.78 is 5.51. The van der Waals surface area contributed by atoms with Crippen molar-refractivity contribution in [2.75, 3.05) is 39.8 Å². The average molecular weight is 266 g/mol. The highest BCUT2D eigenvalue weighted by molar-refractivity contribution is 5.87. The molecule has 0 bridgehead atoms. The number of rotatable bonds is 9. The van der Waals surface area contributed by atoms with Gasteiger partial charge in [0.05, 0.1) is 5.56 Å². The minimum absolute atomic E-state index is 0.271. The molecule has 106 valence electrons. The Labute approximate surface area is 114 Å². The molecule has 0 amide bonds. The molecule has 0 aliphatic heterocycles. The van der Waals surface area contributed by atoms with Crippen molar-refractivity contribution in [2.45, 2.75) is 6.92 Å². The molecule has 1 aromatic rings. The number of hydrogen-bond donors (Lipinski definition) is 2. The fourth-order valence-electron chi connectivity index (χ4n) is 1.49. The molecule has 19 heavy (non-hydrogen) atoms. The van der Waals surface area contributed by atoms with Gasteiger partial charge in [0.15, 0.2) is 0 Å². The van der Waals surface area contributed by atoms with E-state index >= 15 is 0 Å². The van der Waals surface area contributed by atoms with E-state index in [9.17, 15) is 4.79 Å². The van der Waals surface area contributed by atoms with Gasteiger partial charge >= 0.3 is 5.97 Å². The van der Waals surface area contributed by atoms with Gasteiger partial charge in [-0.15, -0.1) is 0 Å². The van der Waals surface area contributed by atoms with E-state index in [0.717, 1.165) is 26.2 Å². The van der Waals surface area contributed by atoms with Crippen LogP contribution in [0.5, 0.6) is 5.75 Å². The molecule has 0 saturated heterocycles. The molecule has 0 aromatic heterocycles. The zero-order chi connectivity index (χ0) is 14.1. The molecule has 0 fully saturated rings. The third kappa shape index (κ3) is 6.22. The fraction of sp³-hybridized carbons (Fsp3) is 0.500. The van der Waals surface area contributed by atoms with Gasteiger partial charge in [0, 0.05) is 19.6 Å². The van der Waals surface area contributed by atoms with Crippen LogP contribution < -0.4 is 10.1 Å². The second-order valence-corrected chi connectivity index (χ2v) is 4.32. The molecular formula is C14H22N2O3. The summed E-state index contributed by atoms with van der Waals surface area (Å²) in [7, 11) is 2.09. The molecule has 0 atom stereocenters. The summed E-state index contributed by atoms with van der Waals surface area (Å²) in [5.74, 6) is -0.231. The van der Waals surface area contributed by atoms with E-state index in [2.05, 4.69) is 24.2 Å². The summed E-state index contributed by atoms with van der Waals surface area (Å²) in [6.07, 6.45) is 0. The Hall–Kier alpha value is -1.59. The number of carboxylic acid groups (broad SMARTS) is 1. The molecule has 0 saturated carbocycles. The smallest absolute Gasteiger partial charge is 0.335 e. The third-order valence-corrected chi connectivity index (χ3v) is 2.86. The summed E-state index contributed by atoms with van der Waals surface area (Å²) in [6, 6.07) is 6.44. The Morgan fingerprint density at radius 3 is 2.58 bits per heavy atom. The number of aromatic carboxylic acids is 1. The first-order valence-corrected chi connectivity index (χ1v) is 6.49. The molecular weight excluding hydrogens is 244 g/mol. The number of carbonyl (C=O) groups is 1. The van der Waals surface area contributed by atoms with E-state index in [1.165, 1.54) is 0 Å². The first-order valence-electron chi connectivity index (χ1n) is 6.49. The van der Waals surface area contributed by atoms with Gasteiger partial charge in [0.2, 0.25) is 0 Å². The summed E-state index contributed by atoms with van der Waals surface area (Å²) in [6.45, 7) is 6.48. The van der Waals surface area contributed by atoms with Crippen molar-refractivity contribution in [3.63, 3.8) is 0 Å². The maximum absolute atomic E-state index is 10.7. The van der Waals surface area contributed by atoms with Gasteiger partial charge in [0.25, 0.3) is 0 Å². The highest BCUT2D eigenvalue weighted by Crippen LogP contribution is 2.11. The standard InChI is InChI=1S/C14H22N2O3/c1-3-16(2)10-8-15-9-11-19-13-6-4-12(5-7-13)14(17)18/h4-7,15H,3,8-11H2,1-2H3,(H,17,18). The highest BCUT2D eigenvalue weighted by atomic mass is 16.5. The van der Waals surface area contributed by atoms with Crippen LogP contribution in [0.25, 0.3) is 0 Å². The van der Waals surface area contributed by atoms with Gasteiger partial charge in [-0.1, -0.05) is 6.92 Å². The predicted octanol–water partition coefficient (Wildman–Crippen LogP) is 1.30. The van der Waals surface area contributed by atoms with Crippen LogP contribution >= 0.6 is 0 Å². The Morgan fingerprint density at radius 2 is 2.00 bits per heavy atom. The quantitative estimate of drug-likeness (QED) is 0.660. The van der Waals surface area contributed by atoms with E-state index in [4.69, 9.17) is 9.84 Å². The first kappa shape index (κ1) is 15.5. The number of likely N-dealkylation sites (N-methyl/N-ethyl adjacent to an activating group) is 1. The second-order valence-electron chi connectivity index (χ2n) is 4.32. The predicted molar refractivity (Wildman–Crippen MR) is 74.9 cm³/mol. The normalized spacial score (nSPS) is 10.7. The molecule has 1 rings (SSSR count). The molecule has 0 aliphatic carbocycles. The molecule has 0 aliphatic rings. The highest BCUT2D eigenvalue weighted by Gasteiger charge is 2.01. The molecule has 5 heteroatoms. The average Bonchev–Trinajstić information content (AvgIpc) is 2.42. The maximum Gasteiger partial charge on any atom is 0.335 e. The van der Waals surface area contributed by atoms with Crippen LogP contribution in [-0.4, -0.2) is 55.8 Å². The van der Waals surface area contributed by atoms with Crippen LogP contribution in [0, 0.1) is 0 Å². The molecule has 0 spiro atoms. The van der Waals surface area contributed by atoms with Gasteiger partial charge in [-0.25, -0.2) is 4.79 Å². The van der Waals surface area contributed by atoms with Gasteiger partial charge in [0.1, 0.15) is 12.4 Å². The summed E-state index contributed by atoms with van der Waals surface area (Å²) >= 11 is 0. The number of carboxylic acids is 1. The van der Waals surface area contributed by atoms with Crippen LogP contribution in [0.2, 0.25) is 0 Å². The van der Waals surface area contributed by atoms with Gasteiger partial charge < -0.3 is 20.1 Å². The van der Waals surface area contributed by atoms with Gasteiger partial charge in [-0.05, 0) is 37.9 Å². The molecule has 0 radical (unpaired) electrons. The lowest BCUT2D eigenvalue weighted by atomic mass is 10.2. The van der Waals surface area contributed by atoms with Crippen molar-refractivity contribution in [3.8, 4) is 5.75 Å². The number of hydrogen-bond acceptors (Lipinski definition) is 4. The number of benzene rings is 1. The molecule has 5 nitrogen and oxygen atoms in total. The Morgan fingerprint density at radius 1 is 1.32 bits per heavy atom. The first-order chi connectivity index (χ1) is 9.13. The Kier molecular flexibility index (Phi) is 6.92. The Balaban J connectivity index is 2.14. The van der Waals surface area contributed by atoms with Crippen molar-refractivity contribution in [3.05, 3.63) is 29.8 Å². The third-order valence-electron chi connectivity index (χ3n) is 2.86. The molecule has 0 heterocycles. The van der Waals surface area contributed by atoms with Crippen LogP contribution in [0.15, 0.2) is 24.3 Å². The monoisotopic (exact) mass is 266 g/mol. The van der Waals surface area contributed by atoms with Crippen molar-refractivity contribution in [1.82, 2.24) is 10.2 Å². The summed E-state index contributed by atoms with van der Waals surface area (Å²) in [4.78, 5) is 12.9. The topological polar surface area (TPSA) is 61.8 Å². The van der Waals surface area contributed by atoms with E-state index in [1.54, 1.807) is 24.3 Å². The summed E-state index contributed by atoms with van der Waals surface area (Å²) in [5, 5.41) is 12.0. The zero-order valence-electron chi connectivity index (χ0n) is 11.6. The fourth-order valence-corrected chi connectivity index (χ4v) is 1.49. The number of nitrogens with zero attached hydrogens (tertiary/aromatic N) is 1.